The van der Waals surface area contributed by atoms with Crippen LogP contribution in [0.4, 0.5) is 0 Å². The molecule has 3 atom stereocenters. The maximum atomic E-state index is 10.8. The molecule has 0 radical (unpaired) electrons. The zero-order valence-electron chi connectivity index (χ0n) is 12.2. The van der Waals surface area contributed by atoms with Crippen molar-refractivity contribution in [3.63, 3.8) is 0 Å². The zero-order valence-corrected chi connectivity index (χ0v) is 13.4. The number of rotatable bonds is 5. The summed E-state index contributed by atoms with van der Waals surface area (Å²) in [6.07, 6.45) is -2.03. The number of nitrogens with zero attached hydrogens (tertiary/aromatic N) is 1. The molecule has 0 fully saturated rings. The summed E-state index contributed by atoms with van der Waals surface area (Å²) in [6.45, 7) is 10.1. The first-order valence-corrected chi connectivity index (χ1v) is 9.06. The molecular formula is C12H29NO3Si. The topological polar surface area (TPSA) is 63.9 Å². The van der Waals surface area contributed by atoms with E-state index >= 15 is 0 Å². The molecule has 0 spiro atoms. The van der Waals surface area contributed by atoms with E-state index < -0.39 is 31.6 Å². The van der Waals surface area contributed by atoms with E-state index in [0.717, 1.165) is 0 Å². The van der Waals surface area contributed by atoms with Crippen LogP contribution in [0.5, 0.6) is 0 Å². The second-order valence-electron chi connectivity index (χ2n) is 6.50. The quantitative estimate of drug-likeness (QED) is 0.615. The first kappa shape index (κ1) is 17.1. The largest absolute Gasteiger partial charge is 0.390 e. The van der Waals surface area contributed by atoms with Gasteiger partial charge in [0.05, 0.1) is 20.1 Å². The highest BCUT2D eigenvalue weighted by Crippen LogP contribution is 2.36. The second kappa shape index (κ2) is 5.80. The lowest BCUT2D eigenvalue weighted by Crippen LogP contribution is -2.65. The first-order valence-electron chi connectivity index (χ1n) is 6.17. The van der Waals surface area contributed by atoms with Crippen molar-refractivity contribution >= 4 is 8.80 Å². The summed E-state index contributed by atoms with van der Waals surface area (Å²) >= 11 is 0. The fraction of sp³-hybridized carbons (Fsp3) is 1.00. The van der Waals surface area contributed by atoms with Crippen molar-refractivity contribution in [3.05, 3.63) is 0 Å². The molecule has 0 saturated carbocycles. The molecule has 0 aliphatic rings. The van der Waals surface area contributed by atoms with Gasteiger partial charge in [-0.1, -0.05) is 33.9 Å². The molecule has 0 rings (SSSR count). The summed E-state index contributed by atoms with van der Waals surface area (Å²) in [5.41, 5.74) is -0.444. The van der Waals surface area contributed by atoms with Gasteiger partial charge in [0.1, 0.15) is 6.10 Å². The second-order valence-corrected chi connectivity index (χ2v) is 9.69. The molecular weight excluding hydrogens is 234 g/mol. The van der Waals surface area contributed by atoms with E-state index in [9.17, 15) is 15.3 Å². The minimum Gasteiger partial charge on any atom is -0.390 e. The van der Waals surface area contributed by atoms with Crippen LogP contribution in [0.3, 0.4) is 0 Å². The summed E-state index contributed by atoms with van der Waals surface area (Å²) in [7, 11) is 2.11. The Morgan fingerprint density at radius 1 is 1.12 bits per heavy atom. The predicted molar refractivity (Wildman–Crippen MR) is 73.8 cm³/mol. The molecule has 0 aliphatic carbocycles. The van der Waals surface area contributed by atoms with Crippen LogP contribution in [0, 0.1) is 5.41 Å². The van der Waals surface area contributed by atoms with E-state index in [2.05, 4.69) is 0 Å². The van der Waals surface area contributed by atoms with Crippen LogP contribution in [0.25, 0.3) is 0 Å². The lowest BCUT2D eigenvalue weighted by Gasteiger charge is -2.48. The molecule has 0 aromatic carbocycles. The van der Waals surface area contributed by atoms with Crippen LogP contribution in [0.1, 0.15) is 20.8 Å². The van der Waals surface area contributed by atoms with Gasteiger partial charge >= 0.3 is 0 Å². The van der Waals surface area contributed by atoms with Gasteiger partial charge in [-0.3, -0.25) is 0 Å². The molecule has 0 saturated heterocycles. The van der Waals surface area contributed by atoms with Crippen molar-refractivity contribution in [3.8, 4) is 0 Å². The van der Waals surface area contributed by atoms with Crippen molar-refractivity contribution in [2.45, 2.75) is 51.3 Å². The van der Waals surface area contributed by atoms with Crippen LogP contribution < -0.4 is 0 Å². The molecule has 17 heavy (non-hydrogen) atoms. The average Bonchev–Trinajstić information content (AvgIpc) is 2.11. The van der Waals surface area contributed by atoms with Crippen molar-refractivity contribution in [2.75, 3.05) is 20.6 Å². The monoisotopic (exact) mass is 263 g/mol. The van der Waals surface area contributed by atoms with Gasteiger partial charge in [-0.05, 0) is 19.5 Å². The molecule has 3 N–H and O–H groups in total. The fourth-order valence-electron chi connectivity index (χ4n) is 2.42. The average molecular weight is 263 g/mol. The smallest absolute Gasteiger partial charge is 0.107 e. The third-order valence-corrected chi connectivity index (χ3v) is 6.42. The van der Waals surface area contributed by atoms with E-state index in [-0.39, 0.29) is 0 Å². The van der Waals surface area contributed by atoms with Gasteiger partial charge in [0.2, 0.25) is 0 Å². The minimum absolute atomic E-state index is 0.348. The summed E-state index contributed by atoms with van der Waals surface area (Å²) < 4.78 is 0. The van der Waals surface area contributed by atoms with Gasteiger partial charge in [-0.2, -0.15) is 0 Å². The fourth-order valence-corrected chi connectivity index (χ4v) is 5.06. The number of aliphatic hydroxyl groups is 3. The summed E-state index contributed by atoms with van der Waals surface area (Å²) in [5.74, 6) is 0. The van der Waals surface area contributed by atoms with E-state index in [1.807, 2.05) is 48.0 Å². The maximum absolute atomic E-state index is 10.8. The van der Waals surface area contributed by atoms with Crippen LogP contribution in [-0.4, -0.2) is 67.1 Å². The Morgan fingerprint density at radius 3 is 1.76 bits per heavy atom. The van der Waals surface area contributed by atoms with Gasteiger partial charge < -0.3 is 20.2 Å². The Bertz CT molecular complexity index is 240. The Balaban J connectivity index is 5.09. The number of aliphatic hydroxyl groups excluding tert-OH is 2. The van der Waals surface area contributed by atoms with Crippen LogP contribution in [0.2, 0.25) is 13.1 Å². The van der Waals surface area contributed by atoms with Gasteiger partial charge in [-0.25, -0.2) is 0 Å². The standard InChI is InChI=1S/C12H29NO3Si/c1-11(2,3)12(16,17(6)7)10(15)9(14)8-13(4)5/h9-10,14-17H,8H2,1-7H3/t9-,10-,12?/m0/s1. The highest BCUT2D eigenvalue weighted by Gasteiger charge is 2.51. The molecule has 0 aromatic rings. The van der Waals surface area contributed by atoms with Gasteiger partial charge in [-0.15, -0.1) is 0 Å². The van der Waals surface area contributed by atoms with Gasteiger partial charge in [0.15, 0.2) is 0 Å². The van der Waals surface area contributed by atoms with E-state index in [4.69, 9.17) is 0 Å². The molecule has 0 aromatic heterocycles. The molecule has 0 aliphatic heterocycles. The summed E-state index contributed by atoms with van der Waals surface area (Å²) in [5, 5.41) is 29.9. The highest BCUT2D eigenvalue weighted by atomic mass is 28.3. The normalized spacial score (nSPS) is 20.5. The Morgan fingerprint density at radius 2 is 1.53 bits per heavy atom. The summed E-state index contributed by atoms with van der Waals surface area (Å²) in [6, 6.07) is 0. The molecule has 1 unspecified atom stereocenters. The van der Waals surface area contributed by atoms with Crippen LogP contribution in [-0.2, 0) is 0 Å². The number of hydrogen-bond donors (Lipinski definition) is 3. The maximum Gasteiger partial charge on any atom is 0.107 e. The lowest BCUT2D eigenvalue weighted by atomic mass is 9.83. The van der Waals surface area contributed by atoms with Crippen molar-refractivity contribution in [1.29, 1.82) is 0 Å². The van der Waals surface area contributed by atoms with E-state index in [1.54, 1.807) is 4.90 Å². The van der Waals surface area contributed by atoms with Crippen molar-refractivity contribution < 1.29 is 15.3 Å². The zero-order chi connectivity index (χ0) is 14.0. The van der Waals surface area contributed by atoms with Crippen LogP contribution >= 0.6 is 0 Å². The molecule has 0 heterocycles. The van der Waals surface area contributed by atoms with Crippen molar-refractivity contribution in [1.82, 2.24) is 4.90 Å². The molecule has 104 valence electrons. The molecule has 0 bridgehead atoms. The van der Waals surface area contributed by atoms with E-state index in [1.165, 1.54) is 0 Å². The minimum atomic E-state index is -1.56. The van der Waals surface area contributed by atoms with Crippen molar-refractivity contribution in [2.24, 2.45) is 5.41 Å². The molecule has 5 heteroatoms. The Hall–Kier alpha value is 0.0569. The Labute approximate surface area is 107 Å². The third kappa shape index (κ3) is 3.76. The van der Waals surface area contributed by atoms with Crippen LogP contribution in [0.15, 0.2) is 0 Å². The Kier molecular flexibility index (Phi) is 5.82. The highest BCUT2D eigenvalue weighted by molar-refractivity contribution is 6.59. The number of likely N-dealkylation sites (N-methyl/N-ethyl adjacent to an activating group) is 1. The number of hydrogen-bond acceptors (Lipinski definition) is 4. The first-order chi connectivity index (χ1) is 7.44. The van der Waals surface area contributed by atoms with Gasteiger partial charge in [0, 0.05) is 6.54 Å². The van der Waals surface area contributed by atoms with E-state index in [0.29, 0.717) is 6.54 Å². The predicted octanol–water partition coefficient (Wildman–Crippen LogP) is 0.0729. The summed E-state index contributed by atoms with van der Waals surface area (Å²) in [4.78, 5) is 1.80. The SMILES string of the molecule is CN(C)C[C@H](O)[C@H](O)C(O)([SiH](C)C)C(C)(C)C. The lowest BCUT2D eigenvalue weighted by molar-refractivity contribution is -0.133. The molecule has 0 amide bonds. The third-order valence-electron chi connectivity index (χ3n) is 3.45. The molecule has 4 nitrogen and oxygen atoms in total. The van der Waals surface area contributed by atoms with Gasteiger partial charge in [0.25, 0.3) is 0 Å².